The molecule has 0 atom stereocenters. The molecule has 2 aromatic carbocycles. The number of benzene rings is 2. The van der Waals surface area contributed by atoms with Crippen LogP contribution in [0.5, 0.6) is 5.75 Å². The van der Waals surface area contributed by atoms with Crippen LogP contribution in [0.25, 0.3) is 0 Å². The summed E-state index contributed by atoms with van der Waals surface area (Å²) >= 11 is 0. The van der Waals surface area contributed by atoms with E-state index in [0.29, 0.717) is 31.9 Å². The van der Waals surface area contributed by atoms with Gasteiger partial charge in [0.25, 0.3) is 5.91 Å². The smallest absolute Gasteiger partial charge is 0.428 e. The molecule has 150 valence electrons. The lowest BCUT2D eigenvalue weighted by molar-refractivity contribution is -0.253. The Morgan fingerprint density at radius 3 is 2.32 bits per heavy atom. The van der Waals surface area contributed by atoms with E-state index in [2.05, 4.69) is 4.74 Å². The fourth-order valence-corrected chi connectivity index (χ4v) is 2.94. The molecule has 1 saturated heterocycles. The van der Waals surface area contributed by atoms with Gasteiger partial charge in [0.2, 0.25) is 0 Å². The van der Waals surface area contributed by atoms with Gasteiger partial charge in [-0.3, -0.25) is 4.79 Å². The van der Waals surface area contributed by atoms with Gasteiger partial charge in [-0.05, 0) is 30.3 Å². The van der Waals surface area contributed by atoms with E-state index in [-0.39, 0.29) is 11.4 Å². The Kier molecular flexibility index (Phi) is 5.71. The molecule has 28 heavy (non-hydrogen) atoms. The van der Waals surface area contributed by atoms with Crippen molar-refractivity contribution in [2.24, 2.45) is 0 Å². The summed E-state index contributed by atoms with van der Waals surface area (Å²) in [5.74, 6) is -1.33. The number of carbonyl (C=O) groups is 1. The molecule has 3 rings (SSSR count). The highest BCUT2D eigenvalue weighted by molar-refractivity contribution is 5.94. The second-order valence-electron chi connectivity index (χ2n) is 6.22. The Hall–Kier alpha value is -2.84. The lowest BCUT2D eigenvalue weighted by Gasteiger charge is -2.36. The molecule has 1 amide bonds. The molecule has 0 unspecified atom stereocenters. The van der Waals surface area contributed by atoms with Crippen molar-refractivity contribution in [1.29, 1.82) is 0 Å². The molecule has 1 fully saturated rings. The van der Waals surface area contributed by atoms with E-state index in [0.717, 1.165) is 12.1 Å². The average Bonchev–Trinajstić information content (AvgIpc) is 2.68. The molecule has 0 aliphatic carbocycles. The molecule has 0 N–H and O–H groups in total. The molecule has 0 spiro atoms. The number of rotatable bonds is 5. The van der Waals surface area contributed by atoms with Crippen LogP contribution in [-0.4, -0.2) is 49.5 Å². The maximum atomic E-state index is 13.9. The van der Waals surface area contributed by atoms with Crippen LogP contribution in [0, 0.1) is 5.82 Å². The van der Waals surface area contributed by atoms with Crippen molar-refractivity contribution in [2.75, 3.05) is 31.1 Å². The molecule has 1 aliphatic rings. The summed E-state index contributed by atoms with van der Waals surface area (Å²) in [7, 11) is 0. The Morgan fingerprint density at radius 2 is 1.68 bits per heavy atom. The minimum absolute atomic E-state index is 0.0434. The summed E-state index contributed by atoms with van der Waals surface area (Å²) in [6.45, 7) is 1.38. The fraction of sp³-hybridized carbons (Fsp3) is 0.316. The van der Waals surface area contributed by atoms with Gasteiger partial charge in [-0.1, -0.05) is 18.2 Å². The van der Waals surface area contributed by atoms with E-state index in [1.807, 2.05) is 4.90 Å². The van der Waals surface area contributed by atoms with Crippen LogP contribution in [0.3, 0.4) is 0 Å². The summed E-state index contributed by atoms with van der Waals surface area (Å²) in [4.78, 5) is 15.9. The number of anilines is 1. The Balaban J connectivity index is 1.65. The van der Waals surface area contributed by atoms with Crippen LogP contribution >= 0.6 is 0 Å². The third-order valence-corrected chi connectivity index (χ3v) is 4.35. The Morgan fingerprint density at radius 1 is 1.00 bits per heavy atom. The zero-order chi connectivity index (χ0) is 20.3. The number of halogens is 5. The third-order valence-electron chi connectivity index (χ3n) is 4.35. The summed E-state index contributed by atoms with van der Waals surface area (Å²) in [6, 6.07) is 11.1. The lowest BCUT2D eigenvalue weighted by atomic mass is 10.1. The topological polar surface area (TPSA) is 32.8 Å². The fourth-order valence-electron chi connectivity index (χ4n) is 2.94. The zero-order valence-electron chi connectivity index (χ0n) is 14.6. The van der Waals surface area contributed by atoms with E-state index in [1.54, 1.807) is 18.2 Å². The first-order valence-corrected chi connectivity index (χ1v) is 8.52. The first-order valence-electron chi connectivity index (χ1n) is 8.52. The van der Waals surface area contributed by atoms with Crippen molar-refractivity contribution < 1.29 is 31.5 Å². The third kappa shape index (κ3) is 4.35. The highest BCUT2D eigenvalue weighted by Gasteiger charge is 2.44. The van der Waals surface area contributed by atoms with Crippen LogP contribution in [0.15, 0.2) is 48.5 Å². The van der Waals surface area contributed by atoms with Gasteiger partial charge in [-0.25, -0.2) is 4.39 Å². The van der Waals surface area contributed by atoms with Crippen molar-refractivity contribution >= 4 is 11.6 Å². The molecule has 0 saturated carbocycles. The summed E-state index contributed by atoms with van der Waals surface area (Å²) < 4.78 is 68.6. The molecular weight excluding hydrogens is 383 g/mol. The maximum absolute atomic E-state index is 13.9. The van der Waals surface area contributed by atoms with Crippen molar-refractivity contribution in [2.45, 2.75) is 12.5 Å². The number of hydrogen-bond acceptors (Lipinski definition) is 3. The first kappa shape index (κ1) is 19.9. The number of alkyl halides is 4. The predicted octanol–water partition coefficient (Wildman–Crippen LogP) is 4.02. The highest BCUT2D eigenvalue weighted by Crippen LogP contribution is 2.28. The van der Waals surface area contributed by atoms with Crippen LogP contribution in [-0.2, 0) is 0 Å². The number of nitrogens with zero attached hydrogens (tertiary/aromatic N) is 2. The number of amides is 1. The number of piperazine rings is 1. The Bertz CT molecular complexity index is 839. The molecule has 1 aliphatic heterocycles. The first-order chi connectivity index (χ1) is 13.3. The molecule has 9 heteroatoms. The normalized spacial score (nSPS) is 15.1. The van der Waals surface area contributed by atoms with Crippen molar-refractivity contribution in [1.82, 2.24) is 4.90 Å². The van der Waals surface area contributed by atoms with E-state index in [1.165, 1.54) is 23.1 Å². The largest absolute Gasteiger partial charge is 0.461 e. The van der Waals surface area contributed by atoms with E-state index in [9.17, 15) is 26.7 Å². The van der Waals surface area contributed by atoms with Crippen molar-refractivity contribution in [3.63, 3.8) is 0 Å². The summed E-state index contributed by atoms with van der Waals surface area (Å²) in [6.07, 6.45) is -8.63. The minimum Gasteiger partial charge on any atom is -0.428 e. The van der Waals surface area contributed by atoms with Gasteiger partial charge in [0.05, 0.1) is 5.69 Å². The van der Waals surface area contributed by atoms with Gasteiger partial charge < -0.3 is 14.5 Å². The van der Waals surface area contributed by atoms with E-state index >= 15 is 0 Å². The quantitative estimate of drug-likeness (QED) is 0.711. The standard InChI is InChI=1S/C19H17F5N2O2/c20-15-6-1-2-7-16(15)25-8-10-26(11-9-25)17(27)13-4-3-5-14(12-13)28-19(23,24)18(21)22/h1-7,12,18H,8-11H2. The van der Waals surface area contributed by atoms with Gasteiger partial charge in [-0.2, -0.15) is 17.6 Å². The highest BCUT2D eigenvalue weighted by atomic mass is 19.3. The SMILES string of the molecule is O=C(c1cccc(OC(F)(F)C(F)F)c1)N1CCN(c2ccccc2F)CC1. The number of ether oxygens (including phenoxy) is 1. The van der Waals surface area contributed by atoms with Crippen LogP contribution < -0.4 is 9.64 Å². The van der Waals surface area contributed by atoms with Crippen LogP contribution in [0.2, 0.25) is 0 Å². The van der Waals surface area contributed by atoms with Gasteiger partial charge >= 0.3 is 12.5 Å². The van der Waals surface area contributed by atoms with Crippen molar-refractivity contribution in [3.05, 3.63) is 59.9 Å². The van der Waals surface area contributed by atoms with Gasteiger partial charge in [0.1, 0.15) is 11.6 Å². The van der Waals surface area contributed by atoms with E-state index in [4.69, 9.17) is 0 Å². The van der Waals surface area contributed by atoms with Crippen LogP contribution in [0.4, 0.5) is 27.6 Å². The monoisotopic (exact) mass is 400 g/mol. The molecule has 0 radical (unpaired) electrons. The summed E-state index contributed by atoms with van der Waals surface area (Å²) in [5.41, 5.74) is 0.487. The Labute approximate surface area is 158 Å². The molecule has 1 heterocycles. The number of carbonyl (C=O) groups excluding carboxylic acids is 1. The molecular formula is C19H17F5N2O2. The molecule has 0 aromatic heterocycles. The minimum atomic E-state index is -4.65. The summed E-state index contributed by atoms with van der Waals surface area (Å²) in [5, 5.41) is 0. The van der Waals surface area contributed by atoms with E-state index < -0.39 is 24.2 Å². The predicted molar refractivity (Wildman–Crippen MR) is 92.5 cm³/mol. The maximum Gasteiger partial charge on any atom is 0.461 e. The molecule has 4 nitrogen and oxygen atoms in total. The zero-order valence-corrected chi connectivity index (χ0v) is 14.6. The van der Waals surface area contributed by atoms with Gasteiger partial charge in [0.15, 0.2) is 0 Å². The van der Waals surface area contributed by atoms with Crippen molar-refractivity contribution in [3.8, 4) is 5.75 Å². The second kappa shape index (κ2) is 8.04. The lowest BCUT2D eigenvalue weighted by Crippen LogP contribution is -2.49. The van der Waals surface area contributed by atoms with Gasteiger partial charge in [0, 0.05) is 31.7 Å². The number of hydrogen-bond donors (Lipinski definition) is 0. The number of para-hydroxylation sites is 1. The molecule has 2 aromatic rings. The second-order valence-corrected chi connectivity index (χ2v) is 6.22. The van der Waals surface area contributed by atoms with Crippen LogP contribution in [0.1, 0.15) is 10.4 Å². The molecule has 0 bridgehead atoms. The average molecular weight is 400 g/mol. The van der Waals surface area contributed by atoms with Gasteiger partial charge in [-0.15, -0.1) is 0 Å².